The number of benzene rings is 1. The predicted octanol–water partition coefficient (Wildman–Crippen LogP) is 2.52. The minimum absolute atomic E-state index is 0.277. The molecule has 0 spiro atoms. The lowest BCUT2D eigenvalue weighted by molar-refractivity contribution is -0.138. The van der Waals surface area contributed by atoms with Crippen LogP contribution in [0.3, 0.4) is 0 Å². The third-order valence-electron chi connectivity index (χ3n) is 3.17. The van der Waals surface area contributed by atoms with Gasteiger partial charge in [-0.2, -0.15) is 0 Å². The quantitative estimate of drug-likeness (QED) is 0.424. The number of hydrogen-bond donors (Lipinski definition) is 3. The Labute approximate surface area is 138 Å². The molecule has 0 aliphatic carbocycles. The Morgan fingerprint density at radius 2 is 1.86 bits per heavy atom. The van der Waals surface area contributed by atoms with Gasteiger partial charge in [0.25, 0.3) is 0 Å². The number of carboxylic acids is 1. The van der Waals surface area contributed by atoms with E-state index in [1.807, 2.05) is 0 Å². The first-order chi connectivity index (χ1) is 10.5. The summed E-state index contributed by atoms with van der Waals surface area (Å²) < 4.78 is 14.8. The van der Waals surface area contributed by atoms with Crippen LogP contribution in [-0.4, -0.2) is 33.0 Å². The second-order valence-corrected chi connectivity index (χ2v) is 6.78. The van der Waals surface area contributed by atoms with Gasteiger partial charge in [-0.3, -0.25) is 4.79 Å². The summed E-state index contributed by atoms with van der Waals surface area (Å²) in [6.45, 7) is 0. The molecule has 0 amide bonds. The van der Waals surface area contributed by atoms with Crippen LogP contribution in [0.4, 0.5) is 5.69 Å². The Kier molecular flexibility index (Phi) is 9.11. The Bertz CT molecular complexity index is 482. The number of nitrogens with two attached hydrogens (primary N) is 1. The van der Waals surface area contributed by atoms with Crippen molar-refractivity contribution in [2.45, 2.75) is 38.1 Å². The van der Waals surface area contributed by atoms with Gasteiger partial charge in [0.05, 0.1) is 0 Å². The fourth-order valence-corrected chi connectivity index (χ4v) is 3.07. The van der Waals surface area contributed by atoms with E-state index < -0.39 is 23.0 Å². The Morgan fingerprint density at radius 3 is 2.45 bits per heavy atom. The number of rotatable bonds is 11. The maximum Gasteiger partial charge on any atom is 0.320 e. The van der Waals surface area contributed by atoms with Crippen molar-refractivity contribution >= 4 is 34.2 Å². The monoisotopic (exact) mass is 346 g/mol. The van der Waals surface area contributed by atoms with Crippen LogP contribution in [0.25, 0.3) is 0 Å². The van der Waals surface area contributed by atoms with Crippen LogP contribution in [-0.2, 0) is 22.2 Å². The van der Waals surface area contributed by atoms with Gasteiger partial charge >= 0.3 is 5.97 Å². The SMILES string of the molecule is N[C@@H](Cc1ccc(NS(=O)CCCCCCCl)cc1)C(=O)O. The number of halogens is 1. The number of aliphatic carboxylic acids is 1. The number of hydrogen-bond acceptors (Lipinski definition) is 3. The molecular formula is C15H23ClN2O3S. The van der Waals surface area contributed by atoms with E-state index >= 15 is 0 Å². The number of alkyl halides is 1. The molecule has 124 valence electrons. The Morgan fingerprint density at radius 1 is 1.23 bits per heavy atom. The molecule has 1 aromatic rings. The highest BCUT2D eigenvalue weighted by Gasteiger charge is 2.11. The van der Waals surface area contributed by atoms with Gasteiger partial charge in [-0.1, -0.05) is 25.0 Å². The summed E-state index contributed by atoms with van der Waals surface area (Å²) in [6.07, 6.45) is 4.29. The molecule has 0 saturated heterocycles. The summed E-state index contributed by atoms with van der Waals surface area (Å²) in [5, 5.41) is 8.77. The van der Waals surface area contributed by atoms with E-state index in [0.29, 0.717) is 11.6 Å². The first-order valence-electron chi connectivity index (χ1n) is 7.31. The van der Waals surface area contributed by atoms with Crippen LogP contribution in [0, 0.1) is 0 Å². The molecule has 7 heteroatoms. The molecule has 2 atom stereocenters. The topological polar surface area (TPSA) is 92.4 Å². The van der Waals surface area contributed by atoms with E-state index in [9.17, 15) is 9.00 Å². The third kappa shape index (κ3) is 7.77. The Balaban J connectivity index is 2.34. The van der Waals surface area contributed by atoms with Crippen molar-refractivity contribution in [3.05, 3.63) is 29.8 Å². The van der Waals surface area contributed by atoms with Crippen molar-refractivity contribution in [3.8, 4) is 0 Å². The fraction of sp³-hybridized carbons (Fsp3) is 0.533. The molecule has 0 fully saturated rings. The predicted molar refractivity (Wildman–Crippen MR) is 91.6 cm³/mol. The average Bonchev–Trinajstić information content (AvgIpc) is 2.49. The second kappa shape index (κ2) is 10.6. The summed E-state index contributed by atoms with van der Waals surface area (Å²) in [5.74, 6) is 0.269. The number of nitrogens with one attached hydrogen (secondary N) is 1. The molecule has 0 saturated carbocycles. The van der Waals surface area contributed by atoms with E-state index in [0.717, 1.165) is 36.9 Å². The lowest BCUT2D eigenvalue weighted by Crippen LogP contribution is -2.32. The van der Waals surface area contributed by atoms with Crippen LogP contribution in [0.15, 0.2) is 24.3 Å². The highest BCUT2D eigenvalue weighted by Crippen LogP contribution is 2.12. The number of unbranched alkanes of at least 4 members (excludes halogenated alkanes) is 3. The van der Waals surface area contributed by atoms with E-state index in [1.54, 1.807) is 24.3 Å². The molecule has 0 aliphatic heterocycles. The standard InChI is InChI=1S/C15H23ClN2O3S/c16-9-3-1-2-4-10-22(21)18-13-7-5-12(6-8-13)11-14(17)15(19)20/h5-8,14,18H,1-4,9-11,17H2,(H,19,20)/t14-,22?/m0/s1. The van der Waals surface area contributed by atoms with Gasteiger partial charge in [0.2, 0.25) is 0 Å². The van der Waals surface area contributed by atoms with Crippen LogP contribution < -0.4 is 10.5 Å². The van der Waals surface area contributed by atoms with Crippen LogP contribution in [0.5, 0.6) is 0 Å². The number of anilines is 1. The van der Waals surface area contributed by atoms with Gasteiger partial charge in [-0.25, -0.2) is 4.21 Å². The molecule has 0 aromatic heterocycles. The number of carboxylic acid groups (broad SMARTS) is 1. The van der Waals surface area contributed by atoms with E-state index in [1.165, 1.54) is 0 Å². The van der Waals surface area contributed by atoms with Crippen molar-refractivity contribution in [2.75, 3.05) is 16.4 Å². The number of carbonyl (C=O) groups is 1. The maximum atomic E-state index is 11.9. The largest absolute Gasteiger partial charge is 0.480 e. The normalized spacial score (nSPS) is 13.5. The summed E-state index contributed by atoms with van der Waals surface area (Å²) in [6, 6.07) is 6.26. The smallest absolute Gasteiger partial charge is 0.320 e. The maximum absolute atomic E-state index is 11.9. The van der Waals surface area contributed by atoms with Crippen LogP contribution >= 0.6 is 11.6 Å². The first-order valence-corrected chi connectivity index (χ1v) is 9.16. The highest BCUT2D eigenvalue weighted by atomic mass is 35.5. The highest BCUT2D eigenvalue weighted by molar-refractivity contribution is 7.86. The van der Waals surface area contributed by atoms with Gasteiger partial charge in [0.1, 0.15) is 17.0 Å². The zero-order chi connectivity index (χ0) is 16.4. The average molecular weight is 347 g/mol. The lowest BCUT2D eigenvalue weighted by atomic mass is 10.1. The Hall–Kier alpha value is -1.11. The van der Waals surface area contributed by atoms with E-state index in [2.05, 4.69) is 4.72 Å². The minimum atomic E-state index is -1.10. The molecule has 1 unspecified atom stereocenters. The molecule has 0 heterocycles. The molecule has 1 rings (SSSR count). The van der Waals surface area contributed by atoms with Gasteiger partial charge in [0, 0.05) is 17.3 Å². The van der Waals surface area contributed by atoms with Crippen molar-refractivity contribution in [1.82, 2.24) is 0 Å². The molecular weight excluding hydrogens is 324 g/mol. The summed E-state index contributed by atoms with van der Waals surface area (Å²) in [7, 11) is -1.10. The molecule has 0 bridgehead atoms. The molecule has 1 aromatic carbocycles. The van der Waals surface area contributed by atoms with E-state index in [4.69, 9.17) is 22.4 Å². The van der Waals surface area contributed by atoms with Gasteiger partial charge in [0.15, 0.2) is 0 Å². The summed E-state index contributed by atoms with van der Waals surface area (Å²) >= 11 is 5.60. The lowest BCUT2D eigenvalue weighted by Gasteiger charge is -2.09. The summed E-state index contributed by atoms with van der Waals surface area (Å²) in [5.41, 5.74) is 7.08. The molecule has 22 heavy (non-hydrogen) atoms. The molecule has 0 aliphatic rings. The van der Waals surface area contributed by atoms with Crippen LogP contribution in [0.1, 0.15) is 31.2 Å². The van der Waals surface area contributed by atoms with Gasteiger partial charge in [-0.05, 0) is 37.0 Å². The van der Waals surface area contributed by atoms with Crippen molar-refractivity contribution in [1.29, 1.82) is 0 Å². The van der Waals surface area contributed by atoms with E-state index in [-0.39, 0.29) is 6.42 Å². The zero-order valence-corrected chi connectivity index (χ0v) is 14.0. The molecule has 4 N–H and O–H groups in total. The summed E-state index contributed by atoms with van der Waals surface area (Å²) in [4.78, 5) is 10.7. The van der Waals surface area contributed by atoms with Gasteiger partial charge in [-0.15, -0.1) is 11.6 Å². The fourth-order valence-electron chi connectivity index (χ4n) is 1.91. The van der Waals surface area contributed by atoms with Crippen molar-refractivity contribution in [3.63, 3.8) is 0 Å². The molecule has 5 nitrogen and oxygen atoms in total. The zero-order valence-electron chi connectivity index (χ0n) is 12.5. The molecule has 0 radical (unpaired) electrons. The van der Waals surface area contributed by atoms with Crippen LogP contribution in [0.2, 0.25) is 0 Å². The second-order valence-electron chi connectivity index (χ2n) is 5.10. The van der Waals surface area contributed by atoms with Crippen molar-refractivity contribution < 1.29 is 14.1 Å². The van der Waals surface area contributed by atoms with Gasteiger partial charge < -0.3 is 15.6 Å². The minimum Gasteiger partial charge on any atom is -0.480 e. The first kappa shape index (κ1) is 18.9. The van der Waals surface area contributed by atoms with Crippen molar-refractivity contribution in [2.24, 2.45) is 5.73 Å². The third-order valence-corrected chi connectivity index (χ3v) is 4.56.